The zero-order valence-electron chi connectivity index (χ0n) is 22.4. The summed E-state index contributed by atoms with van der Waals surface area (Å²) in [7, 11) is 0. The number of rotatable bonds is 16. The van der Waals surface area contributed by atoms with Gasteiger partial charge in [0.15, 0.2) is 0 Å². The lowest BCUT2D eigenvalue weighted by atomic mass is 10.0. The highest BCUT2D eigenvalue weighted by Gasteiger charge is 2.22. The molecule has 0 aliphatic rings. The van der Waals surface area contributed by atoms with Crippen LogP contribution in [0.5, 0.6) is 0 Å². The van der Waals surface area contributed by atoms with Gasteiger partial charge >= 0.3 is 6.03 Å². The number of urea groups is 1. The second-order valence-electron chi connectivity index (χ2n) is 9.61. The maximum absolute atomic E-state index is 13.2. The molecule has 0 fully saturated rings. The van der Waals surface area contributed by atoms with Crippen molar-refractivity contribution in [1.82, 2.24) is 21.3 Å². The third kappa shape index (κ3) is 11.7. The van der Waals surface area contributed by atoms with E-state index in [2.05, 4.69) is 21.3 Å². The van der Waals surface area contributed by atoms with Crippen LogP contribution in [0.3, 0.4) is 0 Å². The molecule has 0 aromatic heterocycles. The highest BCUT2D eigenvalue weighted by molar-refractivity contribution is 5.81. The van der Waals surface area contributed by atoms with Crippen molar-refractivity contribution < 1.29 is 14.0 Å². The van der Waals surface area contributed by atoms with Gasteiger partial charge in [0.1, 0.15) is 5.82 Å². The smallest absolute Gasteiger partial charge is 0.314 e. The van der Waals surface area contributed by atoms with Crippen molar-refractivity contribution in [3.8, 4) is 0 Å². The number of benzene rings is 3. The third-order valence-corrected chi connectivity index (χ3v) is 6.46. The fourth-order valence-corrected chi connectivity index (χ4v) is 4.31. The molecule has 3 amide bonds. The summed E-state index contributed by atoms with van der Waals surface area (Å²) < 4.78 is 13.1. The Bertz CT molecular complexity index is 1110. The van der Waals surface area contributed by atoms with Gasteiger partial charge in [-0.2, -0.15) is 0 Å². The molecule has 208 valence electrons. The van der Waals surface area contributed by atoms with Crippen LogP contribution in [0, 0.1) is 5.82 Å². The van der Waals surface area contributed by atoms with Gasteiger partial charge in [-0.05, 0) is 61.1 Å². The van der Waals surface area contributed by atoms with Crippen molar-refractivity contribution in [2.75, 3.05) is 19.6 Å². The summed E-state index contributed by atoms with van der Waals surface area (Å²) in [6.07, 6.45) is 3.55. The van der Waals surface area contributed by atoms with Gasteiger partial charge in [-0.1, -0.05) is 79.2 Å². The second kappa shape index (κ2) is 17.0. The predicted molar refractivity (Wildman–Crippen MR) is 154 cm³/mol. The quantitative estimate of drug-likeness (QED) is 0.181. The zero-order chi connectivity index (χ0) is 27.7. The van der Waals surface area contributed by atoms with Crippen LogP contribution < -0.4 is 27.0 Å². The lowest BCUT2D eigenvalue weighted by Crippen LogP contribution is -2.53. The van der Waals surface area contributed by atoms with E-state index < -0.39 is 6.04 Å². The number of halogens is 1. The summed E-state index contributed by atoms with van der Waals surface area (Å²) >= 11 is 0. The monoisotopic (exact) mass is 533 g/mol. The van der Waals surface area contributed by atoms with Crippen molar-refractivity contribution in [2.45, 2.75) is 50.7 Å². The molecule has 3 aromatic carbocycles. The minimum Gasteiger partial charge on any atom is -0.351 e. The van der Waals surface area contributed by atoms with Crippen LogP contribution in [-0.4, -0.2) is 43.7 Å². The first-order chi connectivity index (χ1) is 19.0. The molecule has 0 saturated carbocycles. The van der Waals surface area contributed by atoms with Gasteiger partial charge < -0.3 is 27.0 Å². The molecule has 0 unspecified atom stereocenters. The summed E-state index contributed by atoms with van der Waals surface area (Å²) in [5, 5.41) is 12.4. The highest BCUT2D eigenvalue weighted by atomic mass is 19.1. The Morgan fingerprint density at radius 1 is 0.769 bits per heavy atom. The van der Waals surface area contributed by atoms with Crippen LogP contribution in [0.2, 0.25) is 0 Å². The number of carbonyl (C=O) groups is 2. The number of hydrogen-bond donors (Lipinski definition) is 5. The molecule has 6 N–H and O–H groups in total. The average Bonchev–Trinajstić information content (AvgIpc) is 2.96. The number of unbranched alkanes of at least 4 members (excludes halogenated alkanes) is 1. The van der Waals surface area contributed by atoms with Crippen LogP contribution in [-0.2, 0) is 24.2 Å². The molecule has 7 nitrogen and oxygen atoms in total. The first kappa shape index (κ1) is 29.8. The number of hydrogen-bond acceptors (Lipinski definition) is 4. The predicted octanol–water partition coefficient (Wildman–Crippen LogP) is 3.68. The Labute approximate surface area is 230 Å². The Morgan fingerprint density at radius 2 is 1.44 bits per heavy atom. The van der Waals surface area contributed by atoms with Gasteiger partial charge in [-0.15, -0.1) is 0 Å². The van der Waals surface area contributed by atoms with Crippen LogP contribution in [0.15, 0.2) is 84.9 Å². The molecular formula is C31H40FN5O2. The number of nitrogens with two attached hydrogens (primary N) is 1. The number of carbonyl (C=O) groups excluding carboxylic acids is 2. The highest BCUT2D eigenvalue weighted by Crippen LogP contribution is 2.08. The molecule has 2 atom stereocenters. The van der Waals surface area contributed by atoms with E-state index in [1.165, 1.54) is 12.1 Å². The van der Waals surface area contributed by atoms with E-state index in [9.17, 15) is 14.0 Å². The molecule has 0 aliphatic heterocycles. The zero-order valence-corrected chi connectivity index (χ0v) is 22.4. The van der Waals surface area contributed by atoms with Gasteiger partial charge in [-0.25, -0.2) is 9.18 Å². The normalized spacial score (nSPS) is 12.4. The SMILES string of the molecule is NCCCC[C@H](N[C@H](CNC(=O)NCCc1ccc(F)cc1)Cc1ccccc1)C(=O)NCc1ccccc1. The molecule has 0 bridgehead atoms. The van der Waals surface area contributed by atoms with Crippen LogP contribution in [0.4, 0.5) is 9.18 Å². The fraction of sp³-hybridized carbons (Fsp3) is 0.355. The van der Waals surface area contributed by atoms with Crippen LogP contribution in [0.1, 0.15) is 36.0 Å². The minimum absolute atomic E-state index is 0.0716. The van der Waals surface area contributed by atoms with Crippen LogP contribution >= 0.6 is 0 Å². The Kier molecular flexibility index (Phi) is 13.0. The first-order valence-corrected chi connectivity index (χ1v) is 13.6. The summed E-state index contributed by atoms with van der Waals surface area (Å²) in [5.41, 5.74) is 8.79. The maximum Gasteiger partial charge on any atom is 0.314 e. The molecule has 0 heterocycles. The molecule has 0 spiro atoms. The van der Waals surface area contributed by atoms with Gasteiger partial charge in [0, 0.05) is 25.7 Å². The van der Waals surface area contributed by atoms with Gasteiger partial charge in [0.2, 0.25) is 5.91 Å². The Balaban J connectivity index is 1.58. The molecule has 3 aromatic rings. The van der Waals surface area contributed by atoms with Crippen molar-refractivity contribution >= 4 is 11.9 Å². The van der Waals surface area contributed by atoms with E-state index in [0.29, 0.717) is 45.4 Å². The minimum atomic E-state index is -0.419. The lowest BCUT2D eigenvalue weighted by Gasteiger charge is -2.26. The summed E-state index contributed by atoms with van der Waals surface area (Å²) in [4.78, 5) is 25.7. The third-order valence-electron chi connectivity index (χ3n) is 6.46. The van der Waals surface area contributed by atoms with Crippen molar-refractivity contribution in [2.24, 2.45) is 5.73 Å². The molecule has 39 heavy (non-hydrogen) atoms. The summed E-state index contributed by atoms with van der Waals surface area (Å²) in [6, 6.07) is 25.2. The van der Waals surface area contributed by atoms with Gasteiger partial charge in [-0.3, -0.25) is 4.79 Å². The standard InChI is InChI=1S/C31H40FN5O2/c32-27-16-14-24(15-17-27)18-20-34-31(39)36-23-28(21-25-9-3-1-4-10-25)37-29(13-7-8-19-33)30(38)35-22-26-11-5-2-6-12-26/h1-6,9-12,14-17,28-29,37H,7-8,13,18-23,33H2,(H,35,38)(H2,34,36,39)/t28-,29-/m0/s1. The lowest BCUT2D eigenvalue weighted by molar-refractivity contribution is -0.123. The Hall–Kier alpha value is -3.75. The molecule has 0 saturated heterocycles. The molecule has 0 aliphatic carbocycles. The Morgan fingerprint density at radius 3 is 2.10 bits per heavy atom. The molecular weight excluding hydrogens is 493 g/mol. The topological polar surface area (TPSA) is 108 Å². The van der Waals surface area contributed by atoms with Gasteiger partial charge in [0.05, 0.1) is 6.04 Å². The van der Waals surface area contributed by atoms with Crippen molar-refractivity contribution in [3.63, 3.8) is 0 Å². The largest absolute Gasteiger partial charge is 0.351 e. The second-order valence-corrected chi connectivity index (χ2v) is 9.61. The molecule has 8 heteroatoms. The summed E-state index contributed by atoms with van der Waals surface area (Å²) in [5.74, 6) is -0.353. The first-order valence-electron chi connectivity index (χ1n) is 13.6. The van der Waals surface area contributed by atoms with Crippen molar-refractivity contribution in [3.05, 3.63) is 107 Å². The number of amides is 3. The maximum atomic E-state index is 13.2. The van der Waals surface area contributed by atoms with E-state index in [0.717, 1.165) is 29.5 Å². The molecule has 0 radical (unpaired) electrons. The van der Waals surface area contributed by atoms with Gasteiger partial charge in [0.25, 0.3) is 0 Å². The van der Waals surface area contributed by atoms with Crippen LogP contribution in [0.25, 0.3) is 0 Å². The fourth-order valence-electron chi connectivity index (χ4n) is 4.31. The van der Waals surface area contributed by atoms with Crippen molar-refractivity contribution in [1.29, 1.82) is 0 Å². The average molecular weight is 534 g/mol. The van der Waals surface area contributed by atoms with E-state index in [4.69, 9.17) is 5.73 Å². The van der Waals surface area contributed by atoms with E-state index in [-0.39, 0.29) is 23.8 Å². The molecule has 3 rings (SSSR count). The number of nitrogens with one attached hydrogen (secondary N) is 4. The van der Waals surface area contributed by atoms with E-state index in [1.807, 2.05) is 60.7 Å². The van der Waals surface area contributed by atoms with E-state index in [1.54, 1.807) is 12.1 Å². The van der Waals surface area contributed by atoms with E-state index >= 15 is 0 Å². The summed E-state index contributed by atoms with van der Waals surface area (Å²) in [6.45, 7) is 1.80.